The van der Waals surface area contributed by atoms with Crippen LogP contribution in [0.3, 0.4) is 0 Å². The van der Waals surface area contributed by atoms with Crippen LogP contribution in [0, 0.1) is 5.92 Å². The van der Waals surface area contributed by atoms with Crippen molar-refractivity contribution in [1.29, 1.82) is 0 Å². The lowest BCUT2D eigenvalue weighted by Crippen LogP contribution is -2.34. The van der Waals surface area contributed by atoms with E-state index in [1.807, 2.05) is 7.05 Å². The highest BCUT2D eigenvalue weighted by atomic mass is 79.9. The van der Waals surface area contributed by atoms with Gasteiger partial charge in [0.25, 0.3) is 0 Å². The second kappa shape index (κ2) is 6.27. The van der Waals surface area contributed by atoms with Crippen molar-refractivity contribution >= 4 is 21.6 Å². The molecule has 0 amide bonds. The topological polar surface area (TPSA) is 15.3 Å². The summed E-state index contributed by atoms with van der Waals surface area (Å²) in [5.41, 5.74) is 2.76. The molecule has 1 fully saturated rings. The van der Waals surface area contributed by atoms with Crippen molar-refractivity contribution in [2.75, 3.05) is 18.5 Å². The molecule has 1 aromatic carbocycles. The van der Waals surface area contributed by atoms with Crippen LogP contribution >= 0.6 is 15.9 Å². The van der Waals surface area contributed by atoms with E-state index in [0.29, 0.717) is 12.1 Å². The number of rotatable bonds is 6. The molecule has 2 nitrogen and oxygen atoms in total. The standard InChI is InChI=1S/C16H25BrN2/c1-11(2)19(10-13-5-6-13)16-9-14(17)7-8-15(16)12(3)18-4/h7-9,11-13,18H,5-6,10H2,1-4H3. The van der Waals surface area contributed by atoms with Gasteiger partial charge in [-0.3, -0.25) is 0 Å². The van der Waals surface area contributed by atoms with Gasteiger partial charge >= 0.3 is 0 Å². The number of halogens is 1. The fourth-order valence-electron chi connectivity index (χ4n) is 2.45. The van der Waals surface area contributed by atoms with Crippen LogP contribution in [0.2, 0.25) is 0 Å². The molecule has 19 heavy (non-hydrogen) atoms. The number of hydrogen-bond donors (Lipinski definition) is 1. The Bertz CT molecular complexity index is 427. The molecule has 1 N–H and O–H groups in total. The van der Waals surface area contributed by atoms with Gasteiger partial charge in [-0.25, -0.2) is 0 Å². The fraction of sp³-hybridized carbons (Fsp3) is 0.625. The van der Waals surface area contributed by atoms with Crippen molar-refractivity contribution in [2.45, 2.75) is 45.7 Å². The zero-order chi connectivity index (χ0) is 14.0. The number of nitrogens with one attached hydrogen (secondary N) is 1. The molecule has 0 aliphatic heterocycles. The Balaban J connectivity index is 2.34. The molecule has 0 radical (unpaired) electrons. The third-order valence-corrected chi connectivity index (χ3v) is 4.47. The number of anilines is 1. The summed E-state index contributed by atoms with van der Waals surface area (Å²) in [5.74, 6) is 0.902. The molecule has 0 spiro atoms. The van der Waals surface area contributed by atoms with Crippen molar-refractivity contribution in [3.63, 3.8) is 0 Å². The Kier molecular flexibility index (Phi) is 4.91. The molecule has 0 heterocycles. The molecule has 1 unspecified atom stereocenters. The maximum Gasteiger partial charge on any atom is 0.0428 e. The molecule has 106 valence electrons. The minimum atomic E-state index is 0.378. The van der Waals surface area contributed by atoms with Crippen LogP contribution in [0.4, 0.5) is 5.69 Å². The molecule has 1 aliphatic carbocycles. The van der Waals surface area contributed by atoms with E-state index in [4.69, 9.17) is 0 Å². The van der Waals surface area contributed by atoms with E-state index in [1.165, 1.54) is 30.6 Å². The number of benzene rings is 1. The molecular formula is C16H25BrN2. The van der Waals surface area contributed by atoms with Gasteiger partial charge in [0.2, 0.25) is 0 Å². The van der Waals surface area contributed by atoms with E-state index < -0.39 is 0 Å². The van der Waals surface area contributed by atoms with Gasteiger partial charge in [-0.2, -0.15) is 0 Å². The maximum atomic E-state index is 3.62. The SMILES string of the molecule is CNC(C)c1ccc(Br)cc1N(CC1CC1)C(C)C. The lowest BCUT2D eigenvalue weighted by Gasteiger charge is -2.32. The average Bonchev–Trinajstić information content (AvgIpc) is 3.18. The smallest absolute Gasteiger partial charge is 0.0428 e. The first-order valence-corrected chi connectivity index (χ1v) is 8.05. The highest BCUT2D eigenvalue weighted by Gasteiger charge is 2.27. The lowest BCUT2D eigenvalue weighted by molar-refractivity contribution is 0.617. The van der Waals surface area contributed by atoms with Gasteiger partial charge in [0, 0.05) is 28.8 Å². The first-order chi connectivity index (χ1) is 9.02. The molecule has 1 saturated carbocycles. The zero-order valence-electron chi connectivity index (χ0n) is 12.4. The van der Waals surface area contributed by atoms with Gasteiger partial charge in [-0.05, 0) is 64.3 Å². The minimum absolute atomic E-state index is 0.378. The number of hydrogen-bond acceptors (Lipinski definition) is 2. The summed E-state index contributed by atoms with van der Waals surface area (Å²) in [7, 11) is 2.02. The van der Waals surface area contributed by atoms with E-state index in [0.717, 1.165) is 10.4 Å². The summed E-state index contributed by atoms with van der Waals surface area (Å²) in [6.45, 7) is 7.99. The van der Waals surface area contributed by atoms with Crippen molar-refractivity contribution < 1.29 is 0 Å². The van der Waals surface area contributed by atoms with Gasteiger partial charge in [-0.15, -0.1) is 0 Å². The lowest BCUT2D eigenvalue weighted by atomic mass is 10.0. The average molecular weight is 325 g/mol. The van der Waals surface area contributed by atoms with Gasteiger partial charge in [0.15, 0.2) is 0 Å². The van der Waals surface area contributed by atoms with Crippen LogP contribution in [0.5, 0.6) is 0 Å². The molecular weight excluding hydrogens is 300 g/mol. The Hall–Kier alpha value is -0.540. The Morgan fingerprint density at radius 1 is 1.32 bits per heavy atom. The molecule has 0 aromatic heterocycles. The Labute approximate surface area is 125 Å². The first-order valence-electron chi connectivity index (χ1n) is 7.26. The second-order valence-electron chi connectivity index (χ2n) is 5.90. The van der Waals surface area contributed by atoms with Gasteiger partial charge < -0.3 is 10.2 Å². The van der Waals surface area contributed by atoms with E-state index >= 15 is 0 Å². The van der Waals surface area contributed by atoms with Crippen molar-refractivity contribution in [2.24, 2.45) is 5.92 Å². The van der Waals surface area contributed by atoms with Crippen molar-refractivity contribution in [1.82, 2.24) is 5.32 Å². The Morgan fingerprint density at radius 3 is 2.53 bits per heavy atom. The van der Waals surface area contributed by atoms with Gasteiger partial charge in [0.1, 0.15) is 0 Å². The van der Waals surface area contributed by atoms with Crippen molar-refractivity contribution in [3.05, 3.63) is 28.2 Å². The van der Waals surface area contributed by atoms with Crippen LogP contribution in [0.25, 0.3) is 0 Å². The third-order valence-electron chi connectivity index (χ3n) is 3.98. The van der Waals surface area contributed by atoms with Crippen LogP contribution in [0.15, 0.2) is 22.7 Å². The molecule has 3 heteroatoms. The maximum absolute atomic E-state index is 3.62. The Morgan fingerprint density at radius 2 is 2.00 bits per heavy atom. The number of nitrogens with zero attached hydrogens (tertiary/aromatic N) is 1. The fourth-order valence-corrected chi connectivity index (χ4v) is 2.80. The predicted octanol–water partition coefficient (Wildman–Crippen LogP) is 4.35. The molecule has 1 aromatic rings. The second-order valence-corrected chi connectivity index (χ2v) is 6.82. The van der Waals surface area contributed by atoms with Crippen molar-refractivity contribution in [3.8, 4) is 0 Å². The van der Waals surface area contributed by atoms with Crippen LogP contribution in [0.1, 0.15) is 45.2 Å². The molecule has 2 rings (SSSR count). The molecule has 0 bridgehead atoms. The predicted molar refractivity (Wildman–Crippen MR) is 86.8 cm³/mol. The molecule has 1 aliphatic rings. The zero-order valence-corrected chi connectivity index (χ0v) is 14.0. The summed E-state index contributed by atoms with van der Waals surface area (Å²) in [6, 6.07) is 7.57. The first kappa shape index (κ1) is 14.9. The van der Waals surface area contributed by atoms with Gasteiger partial charge in [-0.1, -0.05) is 22.0 Å². The summed E-state index contributed by atoms with van der Waals surface area (Å²) in [4.78, 5) is 2.56. The largest absolute Gasteiger partial charge is 0.369 e. The quantitative estimate of drug-likeness (QED) is 0.836. The minimum Gasteiger partial charge on any atom is -0.369 e. The highest BCUT2D eigenvalue weighted by Crippen LogP contribution is 2.36. The summed E-state index contributed by atoms with van der Waals surface area (Å²) < 4.78 is 1.16. The van der Waals surface area contributed by atoms with E-state index in [1.54, 1.807) is 0 Å². The third kappa shape index (κ3) is 3.73. The van der Waals surface area contributed by atoms with E-state index in [-0.39, 0.29) is 0 Å². The van der Waals surface area contributed by atoms with Crippen LogP contribution in [-0.4, -0.2) is 19.6 Å². The van der Waals surface area contributed by atoms with Crippen LogP contribution < -0.4 is 10.2 Å². The normalized spacial score (nSPS) is 16.7. The monoisotopic (exact) mass is 324 g/mol. The highest BCUT2D eigenvalue weighted by molar-refractivity contribution is 9.10. The van der Waals surface area contributed by atoms with E-state index in [2.05, 4.69) is 65.1 Å². The molecule has 0 saturated heterocycles. The summed E-state index contributed by atoms with van der Waals surface area (Å²) >= 11 is 3.62. The summed E-state index contributed by atoms with van der Waals surface area (Å²) in [5, 5.41) is 3.36. The molecule has 1 atom stereocenters. The van der Waals surface area contributed by atoms with E-state index in [9.17, 15) is 0 Å². The summed E-state index contributed by atoms with van der Waals surface area (Å²) in [6.07, 6.45) is 2.79. The van der Waals surface area contributed by atoms with Gasteiger partial charge in [0.05, 0.1) is 0 Å². The van der Waals surface area contributed by atoms with Crippen LogP contribution in [-0.2, 0) is 0 Å².